The molecular weight excluding hydrogens is 240 g/mol. The molecule has 1 unspecified atom stereocenters. The third kappa shape index (κ3) is 2.60. The fourth-order valence-electron chi connectivity index (χ4n) is 2.24. The van der Waals surface area contributed by atoms with Crippen molar-refractivity contribution in [2.45, 2.75) is 25.8 Å². The Labute approximate surface area is 112 Å². The summed E-state index contributed by atoms with van der Waals surface area (Å²) in [4.78, 5) is 25.5. The van der Waals surface area contributed by atoms with E-state index in [2.05, 4.69) is 11.4 Å². The zero-order valence-corrected chi connectivity index (χ0v) is 10.8. The molecule has 4 heteroatoms. The van der Waals surface area contributed by atoms with Crippen molar-refractivity contribution < 1.29 is 9.59 Å². The lowest BCUT2D eigenvalue weighted by molar-refractivity contribution is -0.126. The highest BCUT2D eigenvalue weighted by Gasteiger charge is 2.31. The van der Waals surface area contributed by atoms with Crippen LogP contribution in [0.15, 0.2) is 24.3 Å². The van der Waals surface area contributed by atoms with E-state index < -0.39 is 6.04 Å². The number of aryl methyl sites for hydroxylation is 1. The minimum Gasteiger partial charge on any atom is -0.354 e. The van der Waals surface area contributed by atoms with E-state index in [1.807, 2.05) is 19.1 Å². The third-order valence-electron chi connectivity index (χ3n) is 3.30. The number of nitrogens with zero attached hydrogens (tertiary/aromatic N) is 1. The van der Waals surface area contributed by atoms with E-state index in [4.69, 9.17) is 6.42 Å². The van der Waals surface area contributed by atoms with Gasteiger partial charge in [0.2, 0.25) is 5.91 Å². The minimum absolute atomic E-state index is 0.175. The van der Waals surface area contributed by atoms with Crippen molar-refractivity contribution in [2.24, 2.45) is 0 Å². The standard InChI is InChI=1S/C15H16N2O2/c1-3-17(13-9-6-10-16-14(13)18)15(19)12-8-5-4-7-11(12)2/h1,4-5,7-8,13H,6,9-10H2,2H3,(H,16,18). The molecule has 1 N–H and O–H groups in total. The van der Waals surface area contributed by atoms with E-state index in [1.165, 1.54) is 4.90 Å². The summed E-state index contributed by atoms with van der Waals surface area (Å²) in [6, 6.07) is 9.01. The first-order valence-corrected chi connectivity index (χ1v) is 6.28. The number of carbonyl (C=O) groups is 2. The van der Waals surface area contributed by atoms with Crippen LogP contribution in [0.4, 0.5) is 0 Å². The van der Waals surface area contributed by atoms with Crippen molar-refractivity contribution >= 4 is 11.8 Å². The van der Waals surface area contributed by atoms with E-state index in [1.54, 1.807) is 12.1 Å². The molecular formula is C15H16N2O2. The van der Waals surface area contributed by atoms with Crippen LogP contribution in [0.3, 0.4) is 0 Å². The van der Waals surface area contributed by atoms with Gasteiger partial charge in [-0.3, -0.25) is 14.5 Å². The number of amides is 2. The minimum atomic E-state index is -0.564. The second-order valence-corrected chi connectivity index (χ2v) is 4.57. The van der Waals surface area contributed by atoms with Gasteiger partial charge in [0.25, 0.3) is 5.91 Å². The molecule has 0 aliphatic carbocycles. The molecule has 2 amide bonds. The number of benzene rings is 1. The van der Waals surface area contributed by atoms with Crippen molar-refractivity contribution in [2.75, 3.05) is 6.54 Å². The smallest absolute Gasteiger partial charge is 0.266 e. The molecule has 1 saturated heterocycles. The van der Waals surface area contributed by atoms with Gasteiger partial charge in [-0.05, 0) is 31.4 Å². The van der Waals surface area contributed by atoms with E-state index in [-0.39, 0.29) is 11.8 Å². The SMILES string of the molecule is C#CN(C(=O)c1ccccc1C)C1CCCNC1=O. The molecule has 1 atom stereocenters. The van der Waals surface area contributed by atoms with Gasteiger partial charge in [-0.2, -0.15) is 0 Å². The monoisotopic (exact) mass is 256 g/mol. The van der Waals surface area contributed by atoms with Crippen LogP contribution < -0.4 is 5.32 Å². The number of terminal acetylenes is 1. The van der Waals surface area contributed by atoms with E-state index in [0.29, 0.717) is 18.5 Å². The summed E-state index contributed by atoms with van der Waals surface area (Å²) in [5.41, 5.74) is 1.39. The van der Waals surface area contributed by atoms with Crippen molar-refractivity contribution in [1.82, 2.24) is 10.2 Å². The lowest BCUT2D eigenvalue weighted by Gasteiger charge is -2.29. The van der Waals surface area contributed by atoms with Gasteiger partial charge < -0.3 is 5.32 Å². The van der Waals surface area contributed by atoms with Gasteiger partial charge in [0.1, 0.15) is 6.04 Å². The molecule has 1 aromatic carbocycles. The first kappa shape index (κ1) is 13.2. The summed E-state index contributed by atoms with van der Waals surface area (Å²) in [6.45, 7) is 2.50. The molecule has 1 aliphatic heterocycles. The Hall–Kier alpha value is -2.28. The largest absolute Gasteiger partial charge is 0.354 e. The van der Waals surface area contributed by atoms with Crippen LogP contribution in [0.5, 0.6) is 0 Å². The molecule has 4 nitrogen and oxygen atoms in total. The van der Waals surface area contributed by atoms with E-state index in [0.717, 1.165) is 12.0 Å². The Morgan fingerprint density at radius 1 is 1.47 bits per heavy atom. The van der Waals surface area contributed by atoms with Crippen LogP contribution in [0, 0.1) is 19.4 Å². The Balaban J connectivity index is 2.28. The molecule has 0 bridgehead atoms. The molecule has 0 spiro atoms. The second-order valence-electron chi connectivity index (χ2n) is 4.57. The number of hydrogen-bond donors (Lipinski definition) is 1. The first-order chi connectivity index (χ1) is 9.15. The molecule has 1 fully saturated rings. The summed E-state index contributed by atoms with van der Waals surface area (Å²) in [6.07, 6.45) is 6.86. The van der Waals surface area contributed by atoms with Gasteiger partial charge in [0.15, 0.2) is 0 Å². The molecule has 2 rings (SSSR count). The van der Waals surface area contributed by atoms with Gasteiger partial charge in [-0.1, -0.05) is 24.6 Å². The number of carbonyl (C=O) groups excluding carboxylic acids is 2. The zero-order valence-electron chi connectivity index (χ0n) is 10.8. The van der Waals surface area contributed by atoms with Gasteiger partial charge in [0, 0.05) is 18.2 Å². The molecule has 1 aromatic rings. The van der Waals surface area contributed by atoms with Crippen LogP contribution in [0.25, 0.3) is 0 Å². The Kier molecular flexibility index (Phi) is 3.86. The van der Waals surface area contributed by atoms with Crippen molar-refractivity contribution in [3.8, 4) is 12.5 Å². The molecule has 98 valence electrons. The maximum absolute atomic E-state index is 12.4. The van der Waals surface area contributed by atoms with Crippen LogP contribution in [-0.4, -0.2) is 29.3 Å². The molecule has 19 heavy (non-hydrogen) atoms. The van der Waals surface area contributed by atoms with Crippen LogP contribution >= 0.6 is 0 Å². The summed E-state index contributed by atoms with van der Waals surface area (Å²) in [5, 5.41) is 2.74. The van der Waals surface area contributed by atoms with Gasteiger partial charge in [-0.15, -0.1) is 0 Å². The van der Waals surface area contributed by atoms with Gasteiger partial charge >= 0.3 is 0 Å². The highest BCUT2D eigenvalue weighted by molar-refractivity contribution is 5.99. The maximum Gasteiger partial charge on any atom is 0.266 e. The summed E-state index contributed by atoms with van der Waals surface area (Å²) in [5.74, 6) is -0.464. The van der Waals surface area contributed by atoms with Crippen molar-refractivity contribution in [3.05, 3.63) is 35.4 Å². The number of hydrogen-bond acceptors (Lipinski definition) is 2. The quantitative estimate of drug-likeness (QED) is 0.640. The Bertz CT molecular complexity index is 545. The zero-order chi connectivity index (χ0) is 13.8. The molecule has 0 aromatic heterocycles. The summed E-state index contributed by atoms with van der Waals surface area (Å²) >= 11 is 0. The normalized spacial score (nSPS) is 18.3. The number of rotatable bonds is 2. The third-order valence-corrected chi connectivity index (χ3v) is 3.30. The van der Waals surface area contributed by atoms with Gasteiger partial charge in [0.05, 0.1) is 0 Å². The summed E-state index contributed by atoms with van der Waals surface area (Å²) < 4.78 is 0. The molecule has 1 aliphatic rings. The van der Waals surface area contributed by atoms with Crippen molar-refractivity contribution in [1.29, 1.82) is 0 Å². The average molecular weight is 256 g/mol. The van der Waals surface area contributed by atoms with Crippen LogP contribution in [-0.2, 0) is 4.79 Å². The Morgan fingerprint density at radius 3 is 2.84 bits per heavy atom. The number of piperidine rings is 1. The number of nitrogens with one attached hydrogen (secondary N) is 1. The van der Waals surface area contributed by atoms with Crippen LogP contribution in [0.2, 0.25) is 0 Å². The van der Waals surface area contributed by atoms with E-state index >= 15 is 0 Å². The van der Waals surface area contributed by atoms with Gasteiger partial charge in [-0.25, -0.2) is 0 Å². The second kappa shape index (κ2) is 5.57. The van der Waals surface area contributed by atoms with E-state index in [9.17, 15) is 9.59 Å². The fraction of sp³-hybridized carbons (Fsp3) is 0.333. The van der Waals surface area contributed by atoms with Crippen molar-refractivity contribution in [3.63, 3.8) is 0 Å². The molecule has 0 radical (unpaired) electrons. The average Bonchev–Trinajstić information content (AvgIpc) is 2.42. The lowest BCUT2D eigenvalue weighted by atomic mass is 10.0. The highest BCUT2D eigenvalue weighted by Crippen LogP contribution is 2.16. The fourth-order valence-corrected chi connectivity index (χ4v) is 2.24. The molecule has 1 heterocycles. The lowest BCUT2D eigenvalue weighted by Crippen LogP contribution is -2.50. The summed E-state index contributed by atoms with van der Waals surface area (Å²) in [7, 11) is 0. The maximum atomic E-state index is 12.4. The topological polar surface area (TPSA) is 49.4 Å². The highest BCUT2D eigenvalue weighted by atomic mass is 16.2. The van der Waals surface area contributed by atoms with Crippen LogP contribution in [0.1, 0.15) is 28.8 Å². The first-order valence-electron chi connectivity index (χ1n) is 6.28. The predicted octanol–water partition coefficient (Wildman–Crippen LogP) is 1.31. The Morgan fingerprint density at radius 2 is 2.21 bits per heavy atom. The molecule has 0 saturated carbocycles. The predicted molar refractivity (Wildman–Crippen MR) is 72.2 cm³/mol.